The molecule has 21 heavy (non-hydrogen) atoms. The molecule has 0 spiro atoms. The highest BCUT2D eigenvalue weighted by atomic mass is 16.5. The summed E-state index contributed by atoms with van der Waals surface area (Å²) in [6.07, 6.45) is 0. The highest BCUT2D eigenvalue weighted by molar-refractivity contribution is 5.96. The van der Waals surface area contributed by atoms with Gasteiger partial charge in [-0.25, -0.2) is 0 Å². The number of aryl methyl sites for hydroxylation is 2. The molecule has 0 aliphatic rings. The van der Waals surface area contributed by atoms with Crippen LogP contribution in [-0.2, 0) is 0 Å². The number of nitrogens with zero attached hydrogens (tertiary/aromatic N) is 2. The lowest BCUT2D eigenvalue weighted by Gasteiger charge is -2.25. The molecule has 5 heteroatoms. The first kappa shape index (κ1) is 15.1. The van der Waals surface area contributed by atoms with Gasteiger partial charge in [-0.2, -0.15) is 0 Å². The molecule has 1 amide bonds. The lowest BCUT2D eigenvalue weighted by molar-refractivity contribution is 0.0740. The van der Waals surface area contributed by atoms with Gasteiger partial charge >= 0.3 is 0 Å². The van der Waals surface area contributed by atoms with Crippen LogP contribution in [0.1, 0.15) is 40.3 Å². The normalized spacial score (nSPS) is 12.0. The monoisotopic (exact) mass is 288 g/mol. The summed E-state index contributed by atoms with van der Waals surface area (Å²) in [5.74, 6) is 1.26. The lowest BCUT2D eigenvalue weighted by atomic mass is 10.1. The third-order valence-corrected chi connectivity index (χ3v) is 3.75. The molecule has 2 aromatic rings. The van der Waals surface area contributed by atoms with Crippen LogP contribution in [0, 0.1) is 13.8 Å². The number of carbonyl (C=O) groups excluding carboxylic acids is 1. The van der Waals surface area contributed by atoms with Crippen molar-refractivity contribution in [1.29, 1.82) is 0 Å². The van der Waals surface area contributed by atoms with Gasteiger partial charge in [0.25, 0.3) is 5.91 Å². The highest BCUT2D eigenvalue weighted by Crippen LogP contribution is 2.24. The molecule has 0 radical (unpaired) electrons. The minimum absolute atomic E-state index is 0.0582. The maximum atomic E-state index is 12.6. The first-order valence-corrected chi connectivity index (χ1v) is 6.79. The molecule has 0 bridgehead atoms. The fourth-order valence-electron chi connectivity index (χ4n) is 2.25. The molecule has 0 aliphatic heterocycles. The van der Waals surface area contributed by atoms with Crippen LogP contribution >= 0.6 is 0 Å². The van der Waals surface area contributed by atoms with Gasteiger partial charge in [0.15, 0.2) is 0 Å². The summed E-state index contributed by atoms with van der Waals surface area (Å²) in [5.41, 5.74) is 2.20. The van der Waals surface area contributed by atoms with E-state index < -0.39 is 0 Å². The second kappa shape index (κ2) is 5.99. The number of benzene rings is 1. The summed E-state index contributed by atoms with van der Waals surface area (Å²) < 4.78 is 10.2. The van der Waals surface area contributed by atoms with E-state index in [1.165, 1.54) is 0 Å². The number of hydrogen-bond donors (Lipinski definition) is 0. The van der Waals surface area contributed by atoms with Gasteiger partial charge in [0.1, 0.15) is 17.1 Å². The van der Waals surface area contributed by atoms with Crippen LogP contribution in [0.4, 0.5) is 0 Å². The molecule has 1 unspecified atom stereocenters. The zero-order valence-electron chi connectivity index (χ0n) is 13.0. The Morgan fingerprint density at radius 3 is 2.38 bits per heavy atom. The van der Waals surface area contributed by atoms with E-state index in [0.717, 1.165) is 11.3 Å². The van der Waals surface area contributed by atoms with Gasteiger partial charge in [0.2, 0.25) is 0 Å². The van der Waals surface area contributed by atoms with Gasteiger partial charge in [0.05, 0.1) is 18.8 Å². The Hall–Kier alpha value is -2.30. The summed E-state index contributed by atoms with van der Waals surface area (Å²) in [6.45, 7) is 5.51. The maximum absolute atomic E-state index is 12.6. The first-order valence-electron chi connectivity index (χ1n) is 6.79. The topological polar surface area (TPSA) is 55.6 Å². The second-order valence-electron chi connectivity index (χ2n) is 5.06. The molecular formula is C16H20N2O3. The van der Waals surface area contributed by atoms with Crippen LogP contribution in [0.15, 0.2) is 28.8 Å². The zero-order chi connectivity index (χ0) is 15.6. The predicted octanol–water partition coefficient (Wildman–Crippen LogP) is 3.13. The first-order chi connectivity index (χ1) is 9.95. The van der Waals surface area contributed by atoms with Gasteiger partial charge in [-0.1, -0.05) is 17.3 Å². The lowest BCUT2D eigenvalue weighted by Crippen LogP contribution is -2.30. The number of rotatable bonds is 4. The van der Waals surface area contributed by atoms with Crippen molar-refractivity contribution >= 4 is 5.91 Å². The number of hydrogen-bond acceptors (Lipinski definition) is 4. The fourth-order valence-corrected chi connectivity index (χ4v) is 2.25. The molecule has 1 heterocycles. The number of amides is 1. The maximum Gasteiger partial charge on any atom is 0.259 e. The van der Waals surface area contributed by atoms with E-state index in [0.29, 0.717) is 17.0 Å². The molecule has 0 saturated carbocycles. The van der Waals surface area contributed by atoms with Crippen molar-refractivity contribution in [2.45, 2.75) is 26.8 Å². The number of methoxy groups -OCH3 is 1. The van der Waals surface area contributed by atoms with Gasteiger partial charge < -0.3 is 14.2 Å². The zero-order valence-corrected chi connectivity index (χ0v) is 13.0. The van der Waals surface area contributed by atoms with Crippen LogP contribution < -0.4 is 4.74 Å². The van der Waals surface area contributed by atoms with Gasteiger partial charge in [-0.05, 0) is 38.5 Å². The van der Waals surface area contributed by atoms with Crippen molar-refractivity contribution in [3.05, 3.63) is 46.8 Å². The van der Waals surface area contributed by atoms with Crippen LogP contribution in [0.5, 0.6) is 5.75 Å². The van der Waals surface area contributed by atoms with Crippen molar-refractivity contribution in [1.82, 2.24) is 10.1 Å². The molecule has 112 valence electrons. The Bertz CT molecular complexity index is 612. The molecule has 0 saturated heterocycles. The number of carbonyl (C=O) groups is 1. The molecular weight excluding hydrogens is 268 g/mol. The molecule has 1 aromatic heterocycles. The highest BCUT2D eigenvalue weighted by Gasteiger charge is 2.24. The van der Waals surface area contributed by atoms with E-state index in [9.17, 15) is 4.79 Å². The smallest absolute Gasteiger partial charge is 0.259 e. The fraction of sp³-hybridized carbons (Fsp3) is 0.375. The Labute approximate surface area is 124 Å². The van der Waals surface area contributed by atoms with Crippen LogP contribution in [0.25, 0.3) is 0 Å². The van der Waals surface area contributed by atoms with Crippen molar-refractivity contribution in [3.8, 4) is 5.75 Å². The Balaban J connectivity index is 2.22. The second-order valence-corrected chi connectivity index (χ2v) is 5.06. The minimum atomic E-state index is -0.0884. The van der Waals surface area contributed by atoms with E-state index in [-0.39, 0.29) is 11.9 Å². The molecule has 0 aliphatic carbocycles. The third kappa shape index (κ3) is 2.91. The predicted molar refractivity (Wildman–Crippen MR) is 79.5 cm³/mol. The summed E-state index contributed by atoms with van der Waals surface area (Å²) >= 11 is 0. The van der Waals surface area contributed by atoms with Crippen molar-refractivity contribution in [2.75, 3.05) is 14.2 Å². The summed E-state index contributed by atoms with van der Waals surface area (Å²) in [7, 11) is 3.41. The Morgan fingerprint density at radius 2 is 1.90 bits per heavy atom. The minimum Gasteiger partial charge on any atom is -0.497 e. The Kier molecular flexibility index (Phi) is 4.31. The van der Waals surface area contributed by atoms with Crippen molar-refractivity contribution in [2.24, 2.45) is 0 Å². The number of ether oxygens (including phenoxy) is 1. The Morgan fingerprint density at radius 1 is 1.29 bits per heavy atom. The molecule has 1 aromatic carbocycles. The molecule has 2 rings (SSSR count). The van der Waals surface area contributed by atoms with Crippen LogP contribution in [-0.4, -0.2) is 30.1 Å². The molecule has 5 nitrogen and oxygen atoms in total. The quantitative estimate of drug-likeness (QED) is 0.867. The summed E-state index contributed by atoms with van der Waals surface area (Å²) in [4.78, 5) is 14.3. The van der Waals surface area contributed by atoms with Gasteiger partial charge in [0, 0.05) is 7.05 Å². The standard InChI is InChI=1S/C16H20N2O3/c1-10-15(12(3)21-17-10)16(19)18(4)11(2)13-6-8-14(20-5)9-7-13/h6-9,11H,1-5H3. The van der Waals surface area contributed by atoms with Crippen LogP contribution in [0.3, 0.4) is 0 Å². The van der Waals surface area contributed by atoms with E-state index >= 15 is 0 Å². The van der Waals surface area contributed by atoms with E-state index in [2.05, 4.69) is 5.16 Å². The average molecular weight is 288 g/mol. The van der Waals surface area contributed by atoms with Gasteiger partial charge in [-0.15, -0.1) is 0 Å². The molecule has 0 N–H and O–H groups in total. The van der Waals surface area contributed by atoms with Gasteiger partial charge in [-0.3, -0.25) is 4.79 Å². The molecule has 0 fully saturated rings. The number of aromatic nitrogens is 1. The van der Waals surface area contributed by atoms with Crippen LogP contribution in [0.2, 0.25) is 0 Å². The summed E-state index contributed by atoms with van der Waals surface area (Å²) in [5, 5.41) is 3.84. The molecule has 1 atom stereocenters. The van der Waals surface area contributed by atoms with E-state index in [1.54, 1.807) is 32.9 Å². The average Bonchev–Trinajstić information content (AvgIpc) is 2.84. The SMILES string of the molecule is COc1ccc(C(C)N(C)C(=O)c2c(C)noc2C)cc1. The summed E-state index contributed by atoms with van der Waals surface area (Å²) in [6, 6.07) is 7.64. The van der Waals surface area contributed by atoms with E-state index in [4.69, 9.17) is 9.26 Å². The van der Waals surface area contributed by atoms with Crippen molar-refractivity contribution < 1.29 is 14.1 Å². The van der Waals surface area contributed by atoms with E-state index in [1.807, 2.05) is 31.2 Å². The third-order valence-electron chi connectivity index (χ3n) is 3.75. The largest absolute Gasteiger partial charge is 0.497 e. The van der Waals surface area contributed by atoms with Crippen molar-refractivity contribution in [3.63, 3.8) is 0 Å².